The van der Waals surface area contributed by atoms with E-state index in [1.165, 1.54) is 12.1 Å². The average molecular weight is 344 g/mol. The summed E-state index contributed by atoms with van der Waals surface area (Å²) in [5.41, 5.74) is 2.98. The van der Waals surface area contributed by atoms with E-state index in [1.807, 2.05) is 25.1 Å². The highest BCUT2D eigenvalue weighted by Gasteiger charge is 2.09. The second-order valence-corrected chi connectivity index (χ2v) is 5.21. The molecule has 0 aromatic heterocycles. The maximum absolute atomic E-state index is 13.2. The number of hydrogen-bond acceptors (Lipinski definition) is 0. The van der Waals surface area contributed by atoms with Gasteiger partial charge in [0, 0.05) is 8.95 Å². The van der Waals surface area contributed by atoms with Gasteiger partial charge >= 0.3 is 0 Å². The summed E-state index contributed by atoms with van der Waals surface area (Å²) in [6.07, 6.45) is 0. The molecule has 0 amide bonds. The summed E-state index contributed by atoms with van der Waals surface area (Å²) in [5.74, 6) is -0.230. The average Bonchev–Trinajstić information content (AvgIpc) is 2.26. The lowest BCUT2D eigenvalue weighted by Crippen LogP contribution is -1.86. The molecule has 0 aliphatic carbocycles. The van der Waals surface area contributed by atoms with Gasteiger partial charge in [0.15, 0.2) is 0 Å². The van der Waals surface area contributed by atoms with Crippen molar-refractivity contribution in [2.45, 2.75) is 6.92 Å². The summed E-state index contributed by atoms with van der Waals surface area (Å²) in [5, 5.41) is 0. The number of hydrogen-bond donors (Lipinski definition) is 0. The third kappa shape index (κ3) is 2.20. The zero-order valence-electron chi connectivity index (χ0n) is 8.60. The first-order valence-corrected chi connectivity index (χ1v) is 6.38. The monoisotopic (exact) mass is 342 g/mol. The van der Waals surface area contributed by atoms with E-state index in [-0.39, 0.29) is 5.82 Å². The molecule has 16 heavy (non-hydrogen) atoms. The molecule has 0 aliphatic rings. The summed E-state index contributed by atoms with van der Waals surface area (Å²) < 4.78 is 15.1. The predicted molar refractivity (Wildman–Crippen MR) is 72.0 cm³/mol. The molecule has 2 aromatic carbocycles. The first kappa shape index (κ1) is 11.8. The molecule has 0 heterocycles. The molecule has 0 radical (unpaired) electrons. The van der Waals surface area contributed by atoms with Gasteiger partial charge in [-0.1, -0.05) is 34.1 Å². The maximum atomic E-state index is 13.2. The van der Waals surface area contributed by atoms with Crippen LogP contribution in [0.3, 0.4) is 0 Å². The molecule has 2 rings (SSSR count). The fraction of sp³-hybridized carbons (Fsp3) is 0.0769. The Hall–Kier alpha value is -0.670. The van der Waals surface area contributed by atoms with Gasteiger partial charge < -0.3 is 0 Å². The zero-order chi connectivity index (χ0) is 11.7. The van der Waals surface area contributed by atoms with Crippen LogP contribution < -0.4 is 0 Å². The fourth-order valence-electron chi connectivity index (χ4n) is 1.56. The number of aryl methyl sites for hydroxylation is 1. The molecule has 0 bridgehead atoms. The molecular weight excluding hydrogens is 335 g/mol. The van der Waals surface area contributed by atoms with E-state index in [9.17, 15) is 4.39 Å². The minimum atomic E-state index is -0.230. The number of halogens is 3. The van der Waals surface area contributed by atoms with E-state index in [1.54, 1.807) is 6.07 Å². The molecule has 0 aliphatic heterocycles. The van der Waals surface area contributed by atoms with Crippen LogP contribution in [-0.2, 0) is 0 Å². The summed E-state index contributed by atoms with van der Waals surface area (Å²) in [6, 6.07) is 10.6. The van der Waals surface area contributed by atoms with Gasteiger partial charge in [-0.25, -0.2) is 4.39 Å². The highest BCUT2D eigenvalue weighted by atomic mass is 79.9. The van der Waals surface area contributed by atoms with Crippen LogP contribution in [0.4, 0.5) is 4.39 Å². The SMILES string of the molecule is Cc1cccc(-c2cc(F)ccc2Br)c1Br. The van der Waals surface area contributed by atoms with Gasteiger partial charge in [-0.2, -0.15) is 0 Å². The van der Waals surface area contributed by atoms with Gasteiger partial charge in [0.05, 0.1) is 0 Å². The molecule has 0 saturated heterocycles. The minimum absolute atomic E-state index is 0.230. The van der Waals surface area contributed by atoms with Crippen LogP contribution in [0, 0.1) is 12.7 Å². The highest BCUT2D eigenvalue weighted by Crippen LogP contribution is 2.35. The van der Waals surface area contributed by atoms with Crippen molar-refractivity contribution in [1.29, 1.82) is 0 Å². The summed E-state index contributed by atoms with van der Waals surface area (Å²) in [6.45, 7) is 2.01. The van der Waals surface area contributed by atoms with Gasteiger partial charge in [-0.15, -0.1) is 0 Å². The van der Waals surface area contributed by atoms with Crippen LogP contribution in [0.25, 0.3) is 11.1 Å². The van der Waals surface area contributed by atoms with Crippen molar-refractivity contribution in [3.63, 3.8) is 0 Å². The Kier molecular flexibility index (Phi) is 3.45. The molecule has 0 atom stereocenters. The normalized spacial score (nSPS) is 10.5. The van der Waals surface area contributed by atoms with Crippen LogP contribution in [0.1, 0.15) is 5.56 Å². The molecule has 0 nitrogen and oxygen atoms in total. The second kappa shape index (κ2) is 4.68. The smallest absolute Gasteiger partial charge is 0.123 e. The van der Waals surface area contributed by atoms with Gasteiger partial charge in [-0.05, 0) is 57.7 Å². The minimum Gasteiger partial charge on any atom is -0.207 e. The van der Waals surface area contributed by atoms with Crippen molar-refractivity contribution in [2.24, 2.45) is 0 Å². The first-order chi connectivity index (χ1) is 7.59. The molecule has 3 heteroatoms. The Bertz CT molecular complexity index is 535. The quantitative estimate of drug-likeness (QED) is 0.656. The van der Waals surface area contributed by atoms with E-state index >= 15 is 0 Å². The fourth-order valence-corrected chi connectivity index (χ4v) is 2.50. The van der Waals surface area contributed by atoms with E-state index in [0.717, 1.165) is 25.6 Å². The van der Waals surface area contributed by atoms with E-state index < -0.39 is 0 Å². The van der Waals surface area contributed by atoms with E-state index in [2.05, 4.69) is 31.9 Å². The van der Waals surface area contributed by atoms with Crippen molar-refractivity contribution in [3.8, 4) is 11.1 Å². The summed E-state index contributed by atoms with van der Waals surface area (Å²) in [4.78, 5) is 0. The van der Waals surface area contributed by atoms with E-state index in [4.69, 9.17) is 0 Å². The zero-order valence-corrected chi connectivity index (χ0v) is 11.8. The Morgan fingerprint density at radius 2 is 1.75 bits per heavy atom. The van der Waals surface area contributed by atoms with Crippen molar-refractivity contribution in [3.05, 3.63) is 56.7 Å². The topological polar surface area (TPSA) is 0 Å². The largest absolute Gasteiger partial charge is 0.207 e. The predicted octanol–water partition coefficient (Wildman–Crippen LogP) is 5.33. The van der Waals surface area contributed by atoms with Crippen LogP contribution in [0.15, 0.2) is 45.3 Å². The molecule has 0 fully saturated rings. The van der Waals surface area contributed by atoms with Crippen LogP contribution >= 0.6 is 31.9 Å². The van der Waals surface area contributed by atoms with Crippen molar-refractivity contribution in [1.82, 2.24) is 0 Å². The van der Waals surface area contributed by atoms with Crippen molar-refractivity contribution >= 4 is 31.9 Å². The standard InChI is InChI=1S/C13H9Br2F/c1-8-3-2-4-10(13(8)15)11-7-9(16)5-6-12(11)14/h2-7H,1H3. The van der Waals surface area contributed by atoms with Crippen molar-refractivity contribution in [2.75, 3.05) is 0 Å². The second-order valence-electron chi connectivity index (χ2n) is 3.56. The molecule has 0 unspecified atom stereocenters. The lowest BCUT2D eigenvalue weighted by atomic mass is 10.0. The lowest BCUT2D eigenvalue weighted by molar-refractivity contribution is 0.628. The highest BCUT2D eigenvalue weighted by molar-refractivity contribution is 9.11. The van der Waals surface area contributed by atoms with Gasteiger partial charge in [0.1, 0.15) is 5.82 Å². The molecular formula is C13H9Br2F. The Labute approximate surface area is 111 Å². The summed E-state index contributed by atoms with van der Waals surface area (Å²) in [7, 11) is 0. The molecule has 0 saturated carbocycles. The lowest BCUT2D eigenvalue weighted by Gasteiger charge is -2.09. The first-order valence-electron chi connectivity index (χ1n) is 4.80. The molecule has 82 valence electrons. The molecule has 2 aromatic rings. The van der Waals surface area contributed by atoms with Gasteiger partial charge in [0.25, 0.3) is 0 Å². The van der Waals surface area contributed by atoms with Gasteiger partial charge in [-0.3, -0.25) is 0 Å². The van der Waals surface area contributed by atoms with Crippen LogP contribution in [0.5, 0.6) is 0 Å². The molecule has 0 spiro atoms. The Morgan fingerprint density at radius 3 is 2.50 bits per heavy atom. The van der Waals surface area contributed by atoms with Crippen molar-refractivity contribution < 1.29 is 4.39 Å². The van der Waals surface area contributed by atoms with Gasteiger partial charge in [0.2, 0.25) is 0 Å². The Balaban J connectivity index is 2.67. The maximum Gasteiger partial charge on any atom is 0.123 e. The third-order valence-electron chi connectivity index (χ3n) is 2.41. The summed E-state index contributed by atoms with van der Waals surface area (Å²) >= 11 is 6.97. The van der Waals surface area contributed by atoms with E-state index in [0.29, 0.717) is 0 Å². The number of benzene rings is 2. The molecule has 0 N–H and O–H groups in total. The Morgan fingerprint density at radius 1 is 1.00 bits per heavy atom. The number of rotatable bonds is 1. The third-order valence-corrected chi connectivity index (χ3v) is 4.15. The van der Waals surface area contributed by atoms with Crippen LogP contribution in [0.2, 0.25) is 0 Å². The van der Waals surface area contributed by atoms with Crippen LogP contribution in [-0.4, -0.2) is 0 Å².